The highest BCUT2D eigenvalue weighted by Gasteiger charge is 2.50. The zero-order valence-corrected chi connectivity index (χ0v) is 14.7. The fourth-order valence-electron chi connectivity index (χ4n) is 2.75. The summed E-state index contributed by atoms with van der Waals surface area (Å²) in [5, 5.41) is 50.0. The van der Waals surface area contributed by atoms with Crippen LogP contribution in [0.5, 0.6) is 0 Å². The van der Waals surface area contributed by atoms with E-state index in [4.69, 9.17) is 18.9 Å². The van der Waals surface area contributed by atoms with Gasteiger partial charge in [-0.15, -0.1) is 0 Å². The first-order valence-electron chi connectivity index (χ1n) is 7.46. The fraction of sp³-hybridized carbons (Fsp3) is 1.00. The topological polar surface area (TPSA) is 138 Å². The Hall–Kier alpha value is 0.340. The molecule has 0 radical (unpaired) electrons. The van der Waals surface area contributed by atoms with Gasteiger partial charge in [0.15, 0.2) is 12.6 Å². The second-order valence-corrected chi connectivity index (χ2v) is 6.47. The van der Waals surface area contributed by atoms with Crippen LogP contribution in [0.4, 0.5) is 0 Å². The summed E-state index contributed by atoms with van der Waals surface area (Å²) < 4.78 is 21.4. The van der Waals surface area contributed by atoms with Crippen LogP contribution in [0.1, 0.15) is 0 Å². The van der Waals surface area contributed by atoms with Gasteiger partial charge in [-0.25, -0.2) is 0 Å². The third-order valence-corrected chi connectivity index (χ3v) is 4.91. The van der Waals surface area contributed by atoms with Crippen molar-refractivity contribution in [2.45, 2.75) is 61.4 Å². The molecule has 11 heteroatoms. The molecule has 2 heterocycles. The molecular weight excluding hydrogens is 364 g/mol. The summed E-state index contributed by atoms with van der Waals surface area (Å²) in [6.45, 7) is 0. The molecule has 0 saturated carbocycles. The zero-order valence-electron chi connectivity index (χ0n) is 13.0. The van der Waals surface area contributed by atoms with Crippen LogP contribution >= 0.6 is 25.3 Å². The van der Waals surface area contributed by atoms with Crippen molar-refractivity contribution in [1.29, 1.82) is 0 Å². The van der Waals surface area contributed by atoms with Crippen LogP contribution in [0.3, 0.4) is 0 Å². The molecule has 10 atom stereocenters. The van der Waals surface area contributed by atoms with Gasteiger partial charge >= 0.3 is 0 Å². The van der Waals surface area contributed by atoms with E-state index in [2.05, 4.69) is 25.3 Å². The van der Waals surface area contributed by atoms with Crippen molar-refractivity contribution < 1.29 is 44.5 Å². The Balaban J connectivity index is 2.12. The van der Waals surface area contributed by atoms with Gasteiger partial charge in [0.25, 0.3) is 0 Å². The average molecular weight is 388 g/mol. The summed E-state index contributed by atoms with van der Waals surface area (Å²) in [5.74, 6) is 0.219. The molecule has 5 N–H and O–H groups in total. The Labute approximate surface area is 150 Å². The van der Waals surface area contributed by atoms with Gasteiger partial charge in [0, 0.05) is 18.6 Å². The minimum atomic E-state index is -1.55. The van der Waals surface area contributed by atoms with E-state index >= 15 is 0 Å². The lowest BCUT2D eigenvalue weighted by Crippen LogP contribution is -2.64. The van der Waals surface area contributed by atoms with Gasteiger partial charge in [-0.05, 0) is 0 Å². The van der Waals surface area contributed by atoms with Crippen molar-refractivity contribution in [3.63, 3.8) is 0 Å². The molecule has 0 aromatic carbocycles. The number of aliphatic hydroxyl groups excluding tert-OH is 5. The molecule has 2 saturated heterocycles. The van der Waals surface area contributed by atoms with E-state index in [-0.39, 0.29) is 11.5 Å². The van der Waals surface area contributed by atoms with Crippen LogP contribution in [0, 0.1) is 0 Å². The minimum absolute atomic E-state index is 0.0822. The Morgan fingerprint density at radius 2 is 1.29 bits per heavy atom. The molecule has 0 amide bonds. The smallest absolute Gasteiger partial charge is 0.187 e. The lowest BCUT2D eigenvalue weighted by molar-refractivity contribution is -0.349. The van der Waals surface area contributed by atoms with Crippen LogP contribution in [-0.2, 0) is 18.9 Å². The molecular formula is C13H24O9S2. The summed E-state index contributed by atoms with van der Waals surface area (Å²) in [6, 6.07) is 0. The Bertz CT molecular complexity index is 400. The number of hydrogen-bond acceptors (Lipinski definition) is 11. The normalized spacial score (nSPS) is 50.0. The number of hydrogen-bond donors (Lipinski definition) is 7. The first-order chi connectivity index (χ1) is 11.3. The molecule has 2 aliphatic heterocycles. The predicted octanol–water partition coefficient (Wildman–Crippen LogP) is -2.87. The maximum absolute atomic E-state index is 10.3. The summed E-state index contributed by atoms with van der Waals surface area (Å²) in [5.41, 5.74) is 0. The first kappa shape index (κ1) is 20.6. The monoisotopic (exact) mass is 388 g/mol. The Morgan fingerprint density at radius 1 is 0.750 bits per heavy atom. The maximum atomic E-state index is 10.3. The molecule has 24 heavy (non-hydrogen) atoms. The summed E-state index contributed by atoms with van der Waals surface area (Å²) in [4.78, 5) is 0. The van der Waals surface area contributed by atoms with Gasteiger partial charge in [0.05, 0.1) is 12.2 Å². The van der Waals surface area contributed by atoms with E-state index in [0.717, 1.165) is 0 Å². The van der Waals surface area contributed by atoms with E-state index in [1.165, 1.54) is 7.11 Å². The molecule has 2 rings (SSSR count). The van der Waals surface area contributed by atoms with Gasteiger partial charge in [-0.2, -0.15) is 25.3 Å². The van der Waals surface area contributed by atoms with Crippen LogP contribution in [0.25, 0.3) is 0 Å². The lowest BCUT2D eigenvalue weighted by Gasteiger charge is -2.46. The summed E-state index contributed by atoms with van der Waals surface area (Å²) in [7, 11) is 1.32. The second-order valence-electron chi connectivity index (χ2n) is 5.74. The molecule has 0 aromatic rings. The summed E-state index contributed by atoms with van der Waals surface area (Å²) in [6.07, 6.45) is -12.3. The molecule has 0 aromatic heterocycles. The predicted molar refractivity (Wildman–Crippen MR) is 86.9 cm³/mol. The zero-order chi connectivity index (χ0) is 18.0. The number of rotatable bonds is 5. The SMILES string of the molecule is CO[C@@H]1OC(CS)[C@@H](O[C@@H]2OC(CS)[C@H](O)C(O)[C@@H]2O)C(O)[C@@H]1O. The number of methoxy groups -OCH3 is 1. The van der Waals surface area contributed by atoms with Gasteiger partial charge < -0.3 is 44.5 Å². The lowest BCUT2D eigenvalue weighted by atomic mass is 9.97. The van der Waals surface area contributed by atoms with Crippen molar-refractivity contribution in [1.82, 2.24) is 0 Å². The number of thiol groups is 2. The Kier molecular flexibility index (Phi) is 7.59. The van der Waals surface area contributed by atoms with E-state index in [1.54, 1.807) is 0 Å². The van der Waals surface area contributed by atoms with Crippen molar-refractivity contribution >= 4 is 25.3 Å². The molecule has 0 aliphatic carbocycles. The third kappa shape index (κ3) is 4.01. The molecule has 4 unspecified atom stereocenters. The van der Waals surface area contributed by atoms with E-state index in [9.17, 15) is 25.5 Å². The highest BCUT2D eigenvalue weighted by atomic mass is 32.1. The van der Waals surface area contributed by atoms with Gasteiger partial charge in [-0.3, -0.25) is 0 Å². The third-order valence-electron chi connectivity index (χ3n) is 4.19. The van der Waals surface area contributed by atoms with E-state index in [1.807, 2.05) is 0 Å². The first-order valence-corrected chi connectivity index (χ1v) is 8.73. The van der Waals surface area contributed by atoms with Crippen molar-refractivity contribution in [3.8, 4) is 0 Å². The quantitative estimate of drug-likeness (QED) is 0.248. The molecule has 0 spiro atoms. The van der Waals surface area contributed by atoms with E-state index in [0.29, 0.717) is 0 Å². The van der Waals surface area contributed by atoms with Crippen molar-refractivity contribution in [2.75, 3.05) is 18.6 Å². The second kappa shape index (κ2) is 8.82. The Morgan fingerprint density at radius 3 is 1.83 bits per heavy atom. The van der Waals surface area contributed by atoms with Crippen LogP contribution < -0.4 is 0 Å². The molecule has 2 fully saturated rings. The van der Waals surface area contributed by atoms with Gasteiger partial charge in [0.1, 0.15) is 36.6 Å². The van der Waals surface area contributed by atoms with Gasteiger partial charge in [0.2, 0.25) is 0 Å². The van der Waals surface area contributed by atoms with Crippen LogP contribution in [0.2, 0.25) is 0 Å². The molecule has 9 nitrogen and oxygen atoms in total. The van der Waals surface area contributed by atoms with Gasteiger partial charge in [-0.1, -0.05) is 0 Å². The average Bonchev–Trinajstić information content (AvgIpc) is 2.59. The molecule has 142 valence electrons. The van der Waals surface area contributed by atoms with Crippen molar-refractivity contribution in [3.05, 3.63) is 0 Å². The highest BCUT2D eigenvalue weighted by Crippen LogP contribution is 2.29. The van der Waals surface area contributed by atoms with Crippen LogP contribution in [0.15, 0.2) is 0 Å². The maximum Gasteiger partial charge on any atom is 0.187 e. The molecule has 2 aliphatic rings. The number of aliphatic hydroxyl groups is 5. The van der Waals surface area contributed by atoms with Crippen molar-refractivity contribution in [2.24, 2.45) is 0 Å². The minimum Gasteiger partial charge on any atom is -0.388 e. The number of ether oxygens (including phenoxy) is 4. The van der Waals surface area contributed by atoms with E-state index < -0.39 is 61.4 Å². The molecule has 0 bridgehead atoms. The largest absolute Gasteiger partial charge is 0.388 e. The summed E-state index contributed by atoms with van der Waals surface area (Å²) >= 11 is 8.14. The fourth-order valence-corrected chi connectivity index (χ4v) is 3.35. The van der Waals surface area contributed by atoms with Crippen LogP contribution in [-0.4, -0.2) is 106 Å². The standard InChI is InChI=1S/C13H24O9S2/c1-19-12-10(18)8(16)11(5(3-24)21-12)22-13-9(17)7(15)6(14)4(2-23)20-13/h4-18,23-24H,2-3H2,1H3/t4?,5?,6-,7?,8?,9-,10-,11+,12+,13-/m0/s1. The highest BCUT2D eigenvalue weighted by molar-refractivity contribution is 7.80.